The zero-order valence-corrected chi connectivity index (χ0v) is 16.9. The van der Waals surface area contributed by atoms with Crippen LogP contribution >= 0.6 is 0 Å². The van der Waals surface area contributed by atoms with Crippen LogP contribution in [0.2, 0.25) is 0 Å². The first-order valence-electron chi connectivity index (χ1n) is 9.52. The molecule has 0 amide bonds. The zero-order chi connectivity index (χ0) is 22.0. The lowest BCUT2D eigenvalue weighted by molar-refractivity contribution is -0.148. The molecular formula is C21H20N6O4. The monoisotopic (exact) mass is 420 g/mol. The molecule has 0 saturated carbocycles. The molecule has 158 valence electrons. The highest BCUT2D eigenvalue weighted by molar-refractivity contribution is 5.79. The second-order valence-corrected chi connectivity index (χ2v) is 6.86. The Balaban J connectivity index is 1.49. The number of rotatable bonds is 6. The number of hydrogen-bond donors (Lipinski definition) is 2. The van der Waals surface area contributed by atoms with Crippen LogP contribution in [0.15, 0.2) is 57.7 Å². The molecule has 0 aliphatic carbocycles. The molecule has 0 aliphatic rings. The number of benzene rings is 2. The highest BCUT2D eigenvalue weighted by Gasteiger charge is 2.23. The molecule has 1 unspecified atom stereocenters. The predicted molar refractivity (Wildman–Crippen MR) is 114 cm³/mol. The van der Waals surface area contributed by atoms with E-state index >= 15 is 0 Å². The van der Waals surface area contributed by atoms with E-state index in [9.17, 15) is 9.59 Å². The molecule has 31 heavy (non-hydrogen) atoms. The van der Waals surface area contributed by atoms with Crippen LogP contribution in [0, 0.1) is 6.92 Å². The van der Waals surface area contributed by atoms with Crippen molar-refractivity contribution in [3.05, 3.63) is 70.5 Å². The molecule has 0 aliphatic heterocycles. The summed E-state index contributed by atoms with van der Waals surface area (Å²) in [6.07, 6.45) is 0. The number of oxazole rings is 1. The summed E-state index contributed by atoms with van der Waals surface area (Å²) in [5.74, 6) is -0.880. The van der Waals surface area contributed by atoms with Crippen LogP contribution in [-0.4, -0.2) is 25.5 Å². The van der Waals surface area contributed by atoms with Crippen molar-refractivity contribution < 1.29 is 13.9 Å². The number of esters is 1. The van der Waals surface area contributed by atoms with Gasteiger partial charge in [0.1, 0.15) is 6.04 Å². The molecule has 10 heteroatoms. The SMILES string of the molecule is Cc1ccccc1Nc1nc(N)nc(COC(=O)C(C)n2c(=O)oc3ccccc32)n1. The maximum atomic E-state index is 12.6. The Kier molecular flexibility index (Phi) is 5.35. The second-order valence-electron chi connectivity index (χ2n) is 6.86. The van der Waals surface area contributed by atoms with Crippen molar-refractivity contribution in [2.75, 3.05) is 11.1 Å². The summed E-state index contributed by atoms with van der Waals surface area (Å²) in [7, 11) is 0. The molecule has 3 N–H and O–H groups in total. The summed E-state index contributed by atoms with van der Waals surface area (Å²) in [6.45, 7) is 3.26. The molecule has 10 nitrogen and oxygen atoms in total. The van der Waals surface area contributed by atoms with Gasteiger partial charge in [-0.05, 0) is 37.6 Å². The smallest absolute Gasteiger partial charge is 0.420 e. The summed E-state index contributed by atoms with van der Waals surface area (Å²) >= 11 is 0. The van der Waals surface area contributed by atoms with E-state index in [2.05, 4.69) is 20.3 Å². The van der Waals surface area contributed by atoms with Crippen molar-refractivity contribution in [2.24, 2.45) is 0 Å². The third-order valence-corrected chi connectivity index (χ3v) is 4.68. The van der Waals surface area contributed by atoms with Gasteiger partial charge in [0.05, 0.1) is 5.52 Å². The first kappa shape index (κ1) is 20.1. The number of carbonyl (C=O) groups excluding carboxylic acids is 1. The standard InChI is InChI=1S/C21H20N6O4/c1-12-7-3-4-8-14(12)23-20-25-17(24-19(22)26-20)11-30-18(28)13(2)27-15-9-5-6-10-16(15)31-21(27)29/h3-10,13H,11H2,1-2H3,(H3,22,23,24,25,26). The molecule has 4 rings (SSSR count). The summed E-state index contributed by atoms with van der Waals surface area (Å²) in [5.41, 5.74) is 8.49. The van der Waals surface area contributed by atoms with Crippen molar-refractivity contribution in [3.63, 3.8) is 0 Å². The molecule has 0 spiro atoms. The Bertz CT molecular complexity index is 1310. The van der Waals surface area contributed by atoms with Crippen LogP contribution in [0.4, 0.5) is 17.6 Å². The average molecular weight is 420 g/mol. The van der Waals surface area contributed by atoms with Crippen LogP contribution in [0.3, 0.4) is 0 Å². The van der Waals surface area contributed by atoms with Gasteiger partial charge in [0.2, 0.25) is 11.9 Å². The number of fused-ring (bicyclic) bond motifs is 1. The molecule has 0 bridgehead atoms. The number of nitrogens with two attached hydrogens (primary N) is 1. The second kappa shape index (κ2) is 8.27. The first-order valence-corrected chi connectivity index (χ1v) is 9.52. The van der Waals surface area contributed by atoms with Crippen LogP contribution in [0.5, 0.6) is 0 Å². The summed E-state index contributed by atoms with van der Waals surface area (Å²) in [5, 5.41) is 3.07. The van der Waals surface area contributed by atoms with E-state index in [-0.39, 0.29) is 24.3 Å². The molecular weight excluding hydrogens is 400 g/mol. The van der Waals surface area contributed by atoms with Crippen molar-refractivity contribution >= 4 is 34.7 Å². The third kappa shape index (κ3) is 4.22. The van der Waals surface area contributed by atoms with E-state index in [4.69, 9.17) is 14.9 Å². The van der Waals surface area contributed by atoms with Gasteiger partial charge in [-0.2, -0.15) is 15.0 Å². The number of ether oxygens (including phenoxy) is 1. The molecule has 2 aromatic heterocycles. The van der Waals surface area contributed by atoms with Gasteiger partial charge >= 0.3 is 11.7 Å². The van der Waals surface area contributed by atoms with Crippen molar-refractivity contribution in [2.45, 2.75) is 26.5 Å². The third-order valence-electron chi connectivity index (χ3n) is 4.68. The Morgan fingerprint density at radius 3 is 2.71 bits per heavy atom. The Labute approximate surface area is 176 Å². The van der Waals surface area contributed by atoms with Crippen molar-refractivity contribution in [1.82, 2.24) is 19.5 Å². The lowest BCUT2D eigenvalue weighted by Gasteiger charge is -2.13. The van der Waals surface area contributed by atoms with E-state index in [1.165, 1.54) is 4.57 Å². The minimum Gasteiger partial charge on any atom is -0.456 e. The fraction of sp³-hybridized carbons (Fsp3) is 0.190. The van der Waals surface area contributed by atoms with Crippen LogP contribution in [-0.2, 0) is 16.1 Å². The molecule has 2 aromatic carbocycles. The number of anilines is 3. The summed E-state index contributed by atoms with van der Waals surface area (Å²) in [4.78, 5) is 37.1. The molecule has 4 aromatic rings. The van der Waals surface area contributed by atoms with Gasteiger partial charge in [-0.25, -0.2) is 9.59 Å². The maximum Gasteiger partial charge on any atom is 0.420 e. The summed E-state index contributed by atoms with van der Waals surface area (Å²) in [6, 6.07) is 13.6. The van der Waals surface area contributed by atoms with Gasteiger partial charge in [-0.15, -0.1) is 0 Å². The first-order chi connectivity index (χ1) is 14.9. The number of carbonyl (C=O) groups is 1. The molecule has 0 radical (unpaired) electrons. The molecule has 0 saturated heterocycles. The highest BCUT2D eigenvalue weighted by atomic mass is 16.5. The normalized spacial score (nSPS) is 11.9. The predicted octanol–water partition coefficient (Wildman–Crippen LogP) is 2.72. The minimum atomic E-state index is -0.903. The number of hydrogen-bond acceptors (Lipinski definition) is 9. The Morgan fingerprint density at radius 1 is 1.16 bits per heavy atom. The van der Waals surface area contributed by atoms with Crippen LogP contribution in [0.25, 0.3) is 11.1 Å². The number of aryl methyl sites for hydroxylation is 1. The van der Waals surface area contributed by atoms with Gasteiger partial charge in [-0.1, -0.05) is 30.3 Å². The lowest BCUT2D eigenvalue weighted by atomic mass is 10.2. The number of nitrogen functional groups attached to an aromatic ring is 1. The van der Waals surface area contributed by atoms with Crippen LogP contribution in [0.1, 0.15) is 24.4 Å². The minimum absolute atomic E-state index is 0.0118. The average Bonchev–Trinajstić information content (AvgIpc) is 3.08. The number of para-hydroxylation sites is 3. The summed E-state index contributed by atoms with van der Waals surface area (Å²) < 4.78 is 11.7. The largest absolute Gasteiger partial charge is 0.456 e. The van der Waals surface area contributed by atoms with Crippen molar-refractivity contribution in [1.29, 1.82) is 0 Å². The van der Waals surface area contributed by atoms with E-state index < -0.39 is 17.8 Å². The fourth-order valence-corrected chi connectivity index (χ4v) is 3.10. The maximum absolute atomic E-state index is 12.6. The zero-order valence-electron chi connectivity index (χ0n) is 16.9. The Hall–Kier alpha value is -4.21. The number of aromatic nitrogens is 4. The van der Waals surface area contributed by atoms with Crippen molar-refractivity contribution in [3.8, 4) is 0 Å². The molecule has 2 heterocycles. The van der Waals surface area contributed by atoms with E-state index in [0.717, 1.165) is 11.3 Å². The Morgan fingerprint density at radius 2 is 1.90 bits per heavy atom. The molecule has 0 fully saturated rings. The van der Waals surface area contributed by atoms with E-state index in [1.54, 1.807) is 31.2 Å². The van der Waals surface area contributed by atoms with Gasteiger partial charge < -0.3 is 20.2 Å². The van der Waals surface area contributed by atoms with Gasteiger partial charge in [-0.3, -0.25) is 4.57 Å². The highest BCUT2D eigenvalue weighted by Crippen LogP contribution is 2.19. The topological polar surface area (TPSA) is 138 Å². The van der Waals surface area contributed by atoms with E-state index in [0.29, 0.717) is 11.1 Å². The number of nitrogens with one attached hydrogen (secondary N) is 1. The quantitative estimate of drug-likeness (QED) is 0.451. The van der Waals surface area contributed by atoms with Gasteiger partial charge in [0, 0.05) is 5.69 Å². The van der Waals surface area contributed by atoms with Gasteiger partial charge in [0.25, 0.3) is 0 Å². The number of nitrogens with zero attached hydrogens (tertiary/aromatic N) is 4. The van der Waals surface area contributed by atoms with E-state index in [1.807, 2.05) is 31.2 Å². The van der Waals surface area contributed by atoms with Gasteiger partial charge in [0.15, 0.2) is 18.0 Å². The fourth-order valence-electron chi connectivity index (χ4n) is 3.10. The lowest BCUT2D eigenvalue weighted by Crippen LogP contribution is -2.26. The molecule has 1 atom stereocenters. The van der Waals surface area contributed by atoms with Crippen LogP contribution < -0.4 is 16.8 Å².